The molecule has 4 nitrogen and oxygen atoms in total. The molecule has 1 N–H and O–H groups in total. The van der Waals surface area contributed by atoms with Crippen molar-refractivity contribution in [3.05, 3.63) is 57.8 Å². The Bertz CT molecular complexity index is 824. The van der Waals surface area contributed by atoms with Crippen molar-refractivity contribution in [2.45, 2.75) is 11.8 Å². The molecule has 0 saturated heterocycles. The first-order valence-corrected chi connectivity index (χ1v) is 8.10. The first-order valence-electron chi connectivity index (χ1n) is 5.82. The summed E-state index contributed by atoms with van der Waals surface area (Å²) in [6, 6.07) is 10.1. The molecular weight excluding hydrogens is 359 g/mol. The summed E-state index contributed by atoms with van der Waals surface area (Å²) in [5, 5.41) is 8.93. The van der Waals surface area contributed by atoms with Crippen LogP contribution in [0.1, 0.15) is 11.1 Å². The number of anilines is 1. The van der Waals surface area contributed by atoms with Gasteiger partial charge in [-0.3, -0.25) is 4.72 Å². The van der Waals surface area contributed by atoms with Gasteiger partial charge in [0.05, 0.1) is 5.69 Å². The summed E-state index contributed by atoms with van der Waals surface area (Å²) < 4.78 is 41.2. The summed E-state index contributed by atoms with van der Waals surface area (Å²) in [4.78, 5) is -0.386. The van der Waals surface area contributed by atoms with Gasteiger partial charge in [-0.1, -0.05) is 22.0 Å². The third kappa shape index (κ3) is 3.40. The van der Waals surface area contributed by atoms with E-state index >= 15 is 0 Å². The Morgan fingerprint density at radius 3 is 2.62 bits per heavy atom. The average Bonchev–Trinajstić information content (AvgIpc) is 2.36. The minimum Gasteiger partial charge on any atom is -0.280 e. The maximum Gasteiger partial charge on any atom is 0.263 e. The molecule has 2 rings (SSSR count). The predicted molar refractivity (Wildman–Crippen MR) is 80.8 cm³/mol. The number of rotatable bonds is 3. The number of hydrogen-bond acceptors (Lipinski definition) is 3. The highest BCUT2D eigenvalue weighted by Crippen LogP contribution is 2.24. The first kappa shape index (κ1) is 15.5. The number of nitriles is 1. The van der Waals surface area contributed by atoms with Crippen LogP contribution in [-0.4, -0.2) is 8.42 Å². The van der Waals surface area contributed by atoms with Gasteiger partial charge in [-0.2, -0.15) is 5.26 Å². The highest BCUT2D eigenvalue weighted by Gasteiger charge is 2.21. The number of nitrogens with one attached hydrogen (secondary N) is 1. The molecule has 0 aliphatic rings. The van der Waals surface area contributed by atoms with E-state index in [4.69, 9.17) is 5.26 Å². The van der Waals surface area contributed by atoms with Crippen molar-refractivity contribution in [2.24, 2.45) is 0 Å². The van der Waals surface area contributed by atoms with Gasteiger partial charge in [-0.05, 0) is 42.8 Å². The topological polar surface area (TPSA) is 70.0 Å². The Morgan fingerprint density at radius 2 is 2.00 bits per heavy atom. The number of hydrogen-bond donors (Lipinski definition) is 1. The molecule has 0 spiro atoms. The van der Waals surface area contributed by atoms with Gasteiger partial charge in [0, 0.05) is 4.47 Å². The van der Waals surface area contributed by atoms with Crippen molar-refractivity contribution >= 4 is 31.6 Å². The van der Waals surface area contributed by atoms with Gasteiger partial charge < -0.3 is 0 Å². The van der Waals surface area contributed by atoms with E-state index in [0.717, 1.165) is 11.6 Å². The number of sulfonamides is 1. The molecule has 2 aromatic rings. The first-order chi connectivity index (χ1) is 9.83. The quantitative estimate of drug-likeness (QED) is 0.899. The molecule has 108 valence electrons. The summed E-state index contributed by atoms with van der Waals surface area (Å²) in [6.45, 7) is 1.81. The zero-order valence-electron chi connectivity index (χ0n) is 10.9. The summed E-state index contributed by atoms with van der Waals surface area (Å²) in [7, 11) is -4.05. The van der Waals surface area contributed by atoms with E-state index in [1.807, 2.05) is 13.0 Å². The van der Waals surface area contributed by atoms with E-state index in [-0.39, 0.29) is 4.90 Å². The molecule has 0 aliphatic heterocycles. The number of aryl methyl sites for hydroxylation is 1. The van der Waals surface area contributed by atoms with Crippen molar-refractivity contribution in [2.75, 3.05) is 4.72 Å². The van der Waals surface area contributed by atoms with Crippen molar-refractivity contribution < 1.29 is 12.8 Å². The van der Waals surface area contributed by atoms with E-state index < -0.39 is 21.4 Å². The lowest BCUT2D eigenvalue weighted by atomic mass is 10.2. The normalized spacial score (nSPS) is 11.0. The van der Waals surface area contributed by atoms with Gasteiger partial charge in [0.2, 0.25) is 0 Å². The van der Waals surface area contributed by atoms with E-state index in [1.165, 1.54) is 12.1 Å². The molecule has 7 heteroatoms. The van der Waals surface area contributed by atoms with E-state index in [2.05, 4.69) is 20.7 Å². The van der Waals surface area contributed by atoms with Gasteiger partial charge in [0.15, 0.2) is 0 Å². The lowest BCUT2D eigenvalue weighted by Gasteiger charge is -2.10. The summed E-state index contributed by atoms with van der Waals surface area (Å²) in [5.41, 5.74) is 0.675. The zero-order chi connectivity index (χ0) is 15.6. The van der Waals surface area contributed by atoms with Crippen molar-refractivity contribution in [1.82, 2.24) is 0 Å². The summed E-state index contributed by atoms with van der Waals surface area (Å²) in [5.74, 6) is -0.870. The van der Waals surface area contributed by atoms with Gasteiger partial charge in [0.1, 0.15) is 22.3 Å². The van der Waals surface area contributed by atoms with Crippen LogP contribution in [0.4, 0.5) is 10.1 Å². The second-order valence-electron chi connectivity index (χ2n) is 4.35. The Labute approximate surface area is 130 Å². The monoisotopic (exact) mass is 368 g/mol. The molecule has 0 amide bonds. The molecule has 0 aromatic heterocycles. The molecule has 0 heterocycles. The average molecular weight is 369 g/mol. The molecule has 21 heavy (non-hydrogen) atoms. The zero-order valence-corrected chi connectivity index (χ0v) is 13.3. The smallest absolute Gasteiger partial charge is 0.263 e. The second kappa shape index (κ2) is 5.84. The van der Waals surface area contributed by atoms with Crippen LogP contribution in [0.15, 0.2) is 45.8 Å². The lowest BCUT2D eigenvalue weighted by Crippen LogP contribution is -2.15. The molecule has 2 aromatic carbocycles. The highest BCUT2D eigenvalue weighted by molar-refractivity contribution is 9.10. The van der Waals surface area contributed by atoms with Crippen LogP contribution in [0.3, 0.4) is 0 Å². The minimum absolute atomic E-state index is 0.329. The van der Waals surface area contributed by atoms with Crippen LogP contribution in [0.25, 0.3) is 0 Å². The number of halogens is 2. The fraction of sp³-hybridized carbons (Fsp3) is 0.0714. The third-order valence-electron chi connectivity index (χ3n) is 2.67. The molecule has 0 unspecified atom stereocenters. The standard InChI is InChI=1S/C14H10BrFN2O2S/c1-9-5-10(15)7-11(6-9)18-21(19,20)14-4-2-3-13(16)12(14)8-17/h2-7,18H,1H3. The van der Waals surface area contributed by atoms with Crippen molar-refractivity contribution in [1.29, 1.82) is 5.26 Å². The lowest BCUT2D eigenvalue weighted by molar-refractivity contribution is 0.593. The summed E-state index contributed by atoms with van der Waals surface area (Å²) in [6.07, 6.45) is 0. The van der Waals surface area contributed by atoms with E-state index in [1.54, 1.807) is 18.2 Å². The Morgan fingerprint density at radius 1 is 1.29 bits per heavy atom. The molecule has 0 atom stereocenters. The largest absolute Gasteiger partial charge is 0.280 e. The fourth-order valence-electron chi connectivity index (χ4n) is 1.84. The molecule has 0 bridgehead atoms. The van der Waals surface area contributed by atoms with Crippen LogP contribution in [0, 0.1) is 24.1 Å². The third-order valence-corrected chi connectivity index (χ3v) is 4.55. The maximum absolute atomic E-state index is 13.5. The van der Waals surface area contributed by atoms with Crippen molar-refractivity contribution in [3.8, 4) is 6.07 Å². The Hall–Kier alpha value is -1.91. The van der Waals surface area contributed by atoms with Gasteiger partial charge in [-0.25, -0.2) is 12.8 Å². The predicted octanol–water partition coefficient (Wildman–Crippen LogP) is 3.57. The van der Waals surface area contributed by atoms with Crippen LogP contribution >= 0.6 is 15.9 Å². The Kier molecular flexibility index (Phi) is 4.30. The maximum atomic E-state index is 13.5. The number of benzene rings is 2. The molecule has 0 fully saturated rings. The minimum atomic E-state index is -4.05. The van der Waals surface area contributed by atoms with E-state index in [0.29, 0.717) is 10.2 Å². The summed E-state index contributed by atoms with van der Waals surface area (Å²) >= 11 is 3.27. The second-order valence-corrected chi connectivity index (χ2v) is 6.91. The SMILES string of the molecule is Cc1cc(Br)cc(NS(=O)(=O)c2cccc(F)c2C#N)c1. The van der Waals surface area contributed by atoms with Gasteiger partial charge in [0.25, 0.3) is 10.0 Å². The van der Waals surface area contributed by atoms with Gasteiger partial charge in [-0.15, -0.1) is 0 Å². The van der Waals surface area contributed by atoms with Crippen LogP contribution in [0.2, 0.25) is 0 Å². The molecule has 0 radical (unpaired) electrons. The van der Waals surface area contributed by atoms with E-state index in [9.17, 15) is 12.8 Å². The van der Waals surface area contributed by atoms with Crippen molar-refractivity contribution in [3.63, 3.8) is 0 Å². The van der Waals surface area contributed by atoms with Crippen LogP contribution in [0.5, 0.6) is 0 Å². The van der Waals surface area contributed by atoms with Crippen LogP contribution < -0.4 is 4.72 Å². The molecule has 0 aliphatic carbocycles. The molecule has 0 saturated carbocycles. The Balaban J connectivity index is 2.49. The number of nitrogens with zero attached hydrogens (tertiary/aromatic N) is 1. The fourth-order valence-corrected chi connectivity index (χ4v) is 3.66. The van der Waals surface area contributed by atoms with Crippen LogP contribution in [-0.2, 0) is 10.0 Å². The van der Waals surface area contributed by atoms with Gasteiger partial charge >= 0.3 is 0 Å². The highest BCUT2D eigenvalue weighted by atomic mass is 79.9. The molecular formula is C14H10BrFN2O2S.